The summed E-state index contributed by atoms with van der Waals surface area (Å²) in [6.07, 6.45) is 3.52. The molecule has 0 saturated carbocycles. The minimum absolute atomic E-state index is 0.233. The van der Waals surface area contributed by atoms with Gasteiger partial charge >= 0.3 is 5.97 Å². The van der Waals surface area contributed by atoms with E-state index >= 15 is 0 Å². The van der Waals surface area contributed by atoms with Crippen LogP contribution in [0.5, 0.6) is 0 Å². The fourth-order valence-corrected chi connectivity index (χ4v) is 0.998. The maximum Gasteiger partial charge on any atom is 0.303 e. The normalized spacial score (nSPS) is 12.9. The molecule has 14 heavy (non-hydrogen) atoms. The largest absolute Gasteiger partial charge is 0.457 e. The molecule has 0 aliphatic carbocycles. The molecule has 0 heterocycles. The summed E-state index contributed by atoms with van der Waals surface area (Å²) in [7, 11) is 0. The fraction of sp³-hybridized carbons (Fsp3) is 0.583. The minimum atomic E-state index is -0.262. The van der Waals surface area contributed by atoms with Crippen molar-refractivity contribution in [1.29, 1.82) is 0 Å². The van der Waals surface area contributed by atoms with E-state index in [1.54, 1.807) is 6.08 Å². The highest BCUT2D eigenvalue weighted by molar-refractivity contribution is 5.66. The second-order valence-corrected chi connectivity index (χ2v) is 4.30. The highest BCUT2D eigenvalue weighted by Gasteiger charge is 2.27. The van der Waals surface area contributed by atoms with Crippen molar-refractivity contribution in [1.82, 2.24) is 0 Å². The number of ether oxygens (including phenoxy) is 1. The molecule has 0 aromatic heterocycles. The molecule has 0 amide bonds. The van der Waals surface area contributed by atoms with Gasteiger partial charge < -0.3 is 4.74 Å². The number of rotatable bonds is 4. The Hall–Kier alpha value is -1.05. The summed E-state index contributed by atoms with van der Waals surface area (Å²) in [5.74, 6) is -0.262. The molecule has 80 valence electrons. The Morgan fingerprint density at radius 3 is 2.14 bits per heavy atom. The van der Waals surface area contributed by atoms with Crippen molar-refractivity contribution in [3.63, 3.8) is 0 Å². The Kier molecular flexibility index (Phi) is 4.61. The van der Waals surface area contributed by atoms with Gasteiger partial charge in [-0.15, -0.1) is 6.58 Å². The van der Waals surface area contributed by atoms with Gasteiger partial charge in [0, 0.05) is 12.3 Å². The molecule has 0 saturated heterocycles. The quantitative estimate of drug-likeness (QED) is 0.510. The molecule has 0 aromatic rings. The first-order valence-corrected chi connectivity index (χ1v) is 4.75. The van der Waals surface area contributed by atoms with Gasteiger partial charge in [0.15, 0.2) is 0 Å². The van der Waals surface area contributed by atoms with Crippen LogP contribution in [0.1, 0.15) is 34.6 Å². The van der Waals surface area contributed by atoms with E-state index in [4.69, 9.17) is 4.74 Å². The molecular formula is C12H20O2. The smallest absolute Gasteiger partial charge is 0.303 e. The molecule has 1 unspecified atom stereocenters. The van der Waals surface area contributed by atoms with Gasteiger partial charge in [-0.05, 0) is 19.9 Å². The van der Waals surface area contributed by atoms with Crippen LogP contribution in [-0.4, -0.2) is 12.1 Å². The van der Waals surface area contributed by atoms with Crippen molar-refractivity contribution in [3.05, 3.63) is 24.3 Å². The van der Waals surface area contributed by atoms with Gasteiger partial charge in [-0.1, -0.05) is 25.5 Å². The van der Waals surface area contributed by atoms with Crippen molar-refractivity contribution >= 4 is 5.97 Å². The number of esters is 1. The van der Waals surface area contributed by atoms with Crippen LogP contribution in [0.4, 0.5) is 0 Å². The van der Waals surface area contributed by atoms with E-state index in [9.17, 15) is 4.79 Å². The summed E-state index contributed by atoms with van der Waals surface area (Å²) in [6.45, 7) is 13.1. The lowest BCUT2D eigenvalue weighted by molar-refractivity contribution is -0.147. The summed E-state index contributed by atoms with van der Waals surface area (Å²) in [6, 6.07) is 0. The Morgan fingerprint density at radius 1 is 1.36 bits per heavy atom. The van der Waals surface area contributed by atoms with Crippen molar-refractivity contribution in [2.24, 2.45) is 5.41 Å². The van der Waals surface area contributed by atoms with Crippen LogP contribution in [-0.2, 0) is 9.53 Å². The molecule has 0 fully saturated rings. The maximum absolute atomic E-state index is 10.9. The standard InChI is InChI=1S/C12H20O2/c1-7-12(5,6)11(8-9(2)3)14-10(4)13/h7-8,11H,1H2,2-6H3. The maximum atomic E-state index is 10.9. The number of allylic oxidation sites excluding steroid dienone is 1. The van der Waals surface area contributed by atoms with Crippen LogP contribution in [0.25, 0.3) is 0 Å². The lowest BCUT2D eigenvalue weighted by atomic mass is 9.85. The van der Waals surface area contributed by atoms with Gasteiger partial charge in [0.1, 0.15) is 6.10 Å². The van der Waals surface area contributed by atoms with Crippen LogP contribution < -0.4 is 0 Å². The van der Waals surface area contributed by atoms with Crippen LogP contribution in [0, 0.1) is 5.41 Å². The van der Waals surface area contributed by atoms with Crippen molar-refractivity contribution in [3.8, 4) is 0 Å². The summed E-state index contributed by atoms with van der Waals surface area (Å²) >= 11 is 0. The van der Waals surface area contributed by atoms with E-state index in [1.807, 2.05) is 33.8 Å². The zero-order valence-corrected chi connectivity index (χ0v) is 9.76. The molecule has 0 N–H and O–H groups in total. The Balaban J connectivity index is 4.81. The first-order valence-electron chi connectivity index (χ1n) is 4.75. The number of hydrogen-bond acceptors (Lipinski definition) is 2. The SMILES string of the molecule is C=CC(C)(C)C(C=C(C)C)OC(C)=O. The Labute approximate surface area is 86.6 Å². The molecule has 0 aliphatic heterocycles. The van der Waals surface area contributed by atoms with Gasteiger partial charge in [-0.3, -0.25) is 4.79 Å². The van der Waals surface area contributed by atoms with Crippen molar-refractivity contribution in [2.75, 3.05) is 0 Å². The fourth-order valence-electron chi connectivity index (χ4n) is 0.998. The predicted molar refractivity (Wildman–Crippen MR) is 59.0 cm³/mol. The van der Waals surface area contributed by atoms with Crippen molar-refractivity contribution < 1.29 is 9.53 Å². The second-order valence-electron chi connectivity index (χ2n) is 4.30. The van der Waals surface area contributed by atoms with E-state index in [1.165, 1.54) is 6.92 Å². The average molecular weight is 196 g/mol. The third-order valence-corrected chi connectivity index (χ3v) is 2.04. The topological polar surface area (TPSA) is 26.3 Å². The lowest BCUT2D eigenvalue weighted by Gasteiger charge is -2.28. The molecule has 0 aromatic carbocycles. The number of carbonyl (C=O) groups excluding carboxylic acids is 1. The van der Waals surface area contributed by atoms with E-state index in [-0.39, 0.29) is 17.5 Å². The van der Waals surface area contributed by atoms with Crippen LogP contribution in [0.15, 0.2) is 24.3 Å². The summed E-state index contributed by atoms with van der Waals surface area (Å²) in [5.41, 5.74) is 0.898. The summed E-state index contributed by atoms with van der Waals surface area (Å²) < 4.78 is 5.23. The van der Waals surface area contributed by atoms with Gasteiger partial charge in [-0.2, -0.15) is 0 Å². The third-order valence-electron chi connectivity index (χ3n) is 2.04. The zero-order chi connectivity index (χ0) is 11.4. The molecular weight excluding hydrogens is 176 g/mol. The van der Waals surface area contributed by atoms with Gasteiger partial charge in [0.2, 0.25) is 0 Å². The third kappa shape index (κ3) is 4.26. The van der Waals surface area contributed by atoms with E-state index in [0.29, 0.717) is 0 Å². The predicted octanol–water partition coefficient (Wildman–Crippen LogP) is 3.10. The number of hydrogen-bond donors (Lipinski definition) is 0. The van der Waals surface area contributed by atoms with Crippen molar-refractivity contribution in [2.45, 2.75) is 40.7 Å². The second kappa shape index (κ2) is 4.99. The number of carbonyl (C=O) groups is 1. The molecule has 0 rings (SSSR count). The Morgan fingerprint density at radius 2 is 1.86 bits per heavy atom. The summed E-state index contributed by atoms with van der Waals surface area (Å²) in [5, 5.41) is 0. The highest BCUT2D eigenvalue weighted by atomic mass is 16.5. The van der Waals surface area contributed by atoms with Gasteiger partial charge in [-0.25, -0.2) is 0 Å². The molecule has 0 bridgehead atoms. The van der Waals surface area contributed by atoms with E-state index in [0.717, 1.165) is 5.57 Å². The molecule has 0 spiro atoms. The van der Waals surface area contributed by atoms with Crippen LogP contribution in [0.3, 0.4) is 0 Å². The molecule has 0 radical (unpaired) electrons. The highest BCUT2D eigenvalue weighted by Crippen LogP contribution is 2.26. The Bertz CT molecular complexity index is 245. The van der Waals surface area contributed by atoms with Crippen LogP contribution >= 0.6 is 0 Å². The first kappa shape index (κ1) is 12.9. The lowest BCUT2D eigenvalue weighted by Crippen LogP contribution is -2.30. The molecule has 0 aliphatic rings. The average Bonchev–Trinajstić information content (AvgIpc) is 2.01. The molecule has 2 nitrogen and oxygen atoms in total. The van der Waals surface area contributed by atoms with Crippen LogP contribution in [0.2, 0.25) is 0 Å². The monoisotopic (exact) mass is 196 g/mol. The molecule has 2 heteroatoms. The van der Waals surface area contributed by atoms with Gasteiger partial charge in [0.05, 0.1) is 0 Å². The van der Waals surface area contributed by atoms with Gasteiger partial charge in [0.25, 0.3) is 0 Å². The zero-order valence-electron chi connectivity index (χ0n) is 9.76. The molecule has 1 atom stereocenters. The first-order chi connectivity index (χ1) is 6.29. The van der Waals surface area contributed by atoms with E-state index in [2.05, 4.69) is 6.58 Å². The van der Waals surface area contributed by atoms with E-state index < -0.39 is 0 Å². The minimum Gasteiger partial charge on any atom is -0.457 e. The summed E-state index contributed by atoms with van der Waals surface area (Å²) in [4.78, 5) is 10.9.